The Kier molecular flexibility index (Phi) is 2.86. The van der Waals surface area contributed by atoms with Crippen LogP contribution in [0.3, 0.4) is 0 Å². The molecule has 1 aliphatic carbocycles. The molecule has 0 radical (unpaired) electrons. The molecule has 2 heteroatoms. The Labute approximate surface area is 60.0 Å². The van der Waals surface area contributed by atoms with Crippen LogP contribution in [0.5, 0.6) is 0 Å². The summed E-state index contributed by atoms with van der Waals surface area (Å²) >= 11 is -0.555. The second kappa shape index (κ2) is 3.47. The van der Waals surface area contributed by atoms with Gasteiger partial charge in [-0.15, -0.1) is 0 Å². The molecule has 1 saturated carbocycles. The first-order valence-corrected chi connectivity index (χ1v) is 5.32. The van der Waals surface area contributed by atoms with Gasteiger partial charge in [0.1, 0.15) is 5.75 Å². The maximum atomic E-state index is 10.7. The van der Waals surface area contributed by atoms with Crippen molar-refractivity contribution in [2.24, 2.45) is 5.92 Å². The molecule has 54 valence electrons. The first-order valence-electron chi connectivity index (χ1n) is 3.59. The highest BCUT2D eigenvalue weighted by Crippen LogP contribution is 2.25. The van der Waals surface area contributed by atoms with Crippen LogP contribution in [-0.2, 0) is 11.2 Å². The summed E-state index contributed by atoms with van der Waals surface area (Å²) < 4.78 is 10.7. The summed E-state index contributed by atoms with van der Waals surface area (Å²) in [7, 11) is 0. The van der Waals surface area contributed by atoms with Gasteiger partial charge in [0.15, 0.2) is 0 Å². The summed E-state index contributed by atoms with van der Waals surface area (Å²) in [5.41, 5.74) is 0. The molecular formula is C7H14OS. The van der Waals surface area contributed by atoms with E-state index in [-0.39, 0.29) is 0 Å². The number of rotatable bonds is 2. The van der Waals surface area contributed by atoms with Crippen molar-refractivity contribution in [3.8, 4) is 0 Å². The molecule has 0 aromatic rings. The zero-order chi connectivity index (χ0) is 6.69. The molecule has 0 N–H and O–H groups in total. The Morgan fingerprint density at radius 2 is 2.00 bits per heavy atom. The fourth-order valence-electron chi connectivity index (χ4n) is 1.51. The van der Waals surface area contributed by atoms with Gasteiger partial charge in [0.25, 0.3) is 0 Å². The summed E-state index contributed by atoms with van der Waals surface area (Å²) in [5, 5.41) is 0. The minimum atomic E-state index is -0.555. The topological polar surface area (TPSA) is 23.1 Å². The van der Waals surface area contributed by atoms with Crippen LogP contribution in [0.4, 0.5) is 0 Å². The molecular weight excluding hydrogens is 132 g/mol. The molecule has 1 rings (SSSR count). The lowest BCUT2D eigenvalue weighted by molar-refractivity contribution is 0.563. The summed E-state index contributed by atoms with van der Waals surface area (Å²) in [6, 6.07) is 0. The van der Waals surface area contributed by atoms with Crippen LogP contribution in [0.2, 0.25) is 0 Å². The van der Waals surface area contributed by atoms with Crippen LogP contribution in [0.15, 0.2) is 0 Å². The summed E-state index contributed by atoms with van der Waals surface area (Å²) in [5.74, 6) is 1.73. The van der Waals surface area contributed by atoms with E-state index in [0.717, 1.165) is 11.7 Å². The number of hydrogen-bond acceptors (Lipinski definition) is 1. The smallest absolute Gasteiger partial charge is 0.108 e. The van der Waals surface area contributed by atoms with Crippen LogP contribution in [0.25, 0.3) is 0 Å². The number of hydrogen-bond donors (Lipinski definition) is 0. The lowest BCUT2D eigenvalue weighted by Gasteiger charge is -2.09. The van der Waals surface area contributed by atoms with Gasteiger partial charge in [0.2, 0.25) is 0 Å². The average molecular weight is 146 g/mol. The van der Waals surface area contributed by atoms with Crippen LogP contribution < -0.4 is 0 Å². The Hall–Kier alpha value is 0.310. The monoisotopic (exact) mass is 146 g/mol. The highest BCUT2D eigenvalue weighted by Gasteiger charge is 2.18. The first kappa shape index (κ1) is 7.42. The molecule has 0 bridgehead atoms. The molecule has 1 nitrogen and oxygen atoms in total. The maximum absolute atomic E-state index is 10.7. The fourth-order valence-corrected chi connectivity index (χ4v) is 2.51. The second-order valence-corrected chi connectivity index (χ2v) is 4.37. The van der Waals surface area contributed by atoms with E-state index < -0.39 is 11.2 Å². The Bertz CT molecular complexity index is 77.0. The highest BCUT2D eigenvalue weighted by molar-refractivity contribution is 7.90. The summed E-state index contributed by atoms with van der Waals surface area (Å²) in [6.45, 7) is 0. The van der Waals surface area contributed by atoms with E-state index in [2.05, 4.69) is 0 Å². The van der Waals surface area contributed by atoms with E-state index in [0.29, 0.717) is 0 Å². The predicted molar refractivity (Wildman–Crippen MR) is 40.9 cm³/mol. The molecule has 1 fully saturated rings. The lowest BCUT2D eigenvalue weighted by atomic mass is 10.1. The molecule has 0 aromatic carbocycles. The molecule has 1 atom stereocenters. The van der Waals surface area contributed by atoms with E-state index in [1.165, 1.54) is 25.7 Å². The third-order valence-electron chi connectivity index (χ3n) is 1.95. The minimum absolute atomic E-state index is 0.555. The average Bonchev–Trinajstić information content (AvgIpc) is 2.15. The van der Waals surface area contributed by atoms with Gasteiger partial charge in [0, 0.05) is 5.92 Å². The molecule has 0 spiro atoms. The van der Waals surface area contributed by atoms with E-state index in [1.54, 1.807) is 6.26 Å². The molecule has 0 heterocycles. The molecule has 0 amide bonds. The molecule has 1 unspecified atom stereocenters. The second-order valence-electron chi connectivity index (χ2n) is 2.89. The van der Waals surface area contributed by atoms with Crippen molar-refractivity contribution in [1.29, 1.82) is 0 Å². The Morgan fingerprint density at radius 1 is 1.44 bits per heavy atom. The van der Waals surface area contributed by atoms with E-state index in [9.17, 15) is 4.55 Å². The van der Waals surface area contributed by atoms with Gasteiger partial charge < -0.3 is 4.55 Å². The first-order chi connectivity index (χ1) is 4.29. The van der Waals surface area contributed by atoms with Gasteiger partial charge >= 0.3 is 0 Å². The molecule has 0 saturated heterocycles. The maximum Gasteiger partial charge on any atom is 0.108 e. The van der Waals surface area contributed by atoms with Crippen molar-refractivity contribution in [2.75, 3.05) is 12.0 Å². The van der Waals surface area contributed by atoms with Gasteiger partial charge in [-0.1, -0.05) is 24.0 Å². The van der Waals surface area contributed by atoms with Gasteiger partial charge in [-0.25, -0.2) is 0 Å². The SMILES string of the molecule is C[S+]([O-])CC1CCCC1. The van der Waals surface area contributed by atoms with Crippen LogP contribution in [-0.4, -0.2) is 16.6 Å². The molecule has 0 aliphatic heterocycles. The predicted octanol–water partition coefficient (Wildman–Crippen LogP) is 1.56. The molecule has 1 aliphatic rings. The van der Waals surface area contributed by atoms with Crippen molar-refractivity contribution in [2.45, 2.75) is 25.7 Å². The van der Waals surface area contributed by atoms with Crippen LogP contribution in [0, 0.1) is 5.92 Å². The third-order valence-corrected chi connectivity index (χ3v) is 2.89. The minimum Gasteiger partial charge on any atom is -0.617 e. The van der Waals surface area contributed by atoms with Gasteiger partial charge in [0.05, 0.1) is 6.26 Å². The van der Waals surface area contributed by atoms with Gasteiger partial charge in [-0.2, -0.15) is 0 Å². The van der Waals surface area contributed by atoms with Crippen LogP contribution in [0.1, 0.15) is 25.7 Å². The molecule has 9 heavy (non-hydrogen) atoms. The standard InChI is InChI=1S/C7H14OS/c1-9(8)6-7-4-2-3-5-7/h7H,2-6H2,1H3. The van der Waals surface area contributed by atoms with Crippen molar-refractivity contribution in [1.82, 2.24) is 0 Å². The van der Waals surface area contributed by atoms with Crippen molar-refractivity contribution >= 4 is 11.2 Å². The van der Waals surface area contributed by atoms with Crippen molar-refractivity contribution in [3.05, 3.63) is 0 Å². The summed E-state index contributed by atoms with van der Waals surface area (Å²) in [6.07, 6.45) is 7.17. The highest BCUT2D eigenvalue weighted by atomic mass is 32.2. The van der Waals surface area contributed by atoms with Crippen molar-refractivity contribution < 1.29 is 4.55 Å². The molecule has 0 aromatic heterocycles. The largest absolute Gasteiger partial charge is 0.617 e. The Balaban J connectivity index is 2.11. The van der Waals surface area contributed by atoms with Crippen LogP contribution >= 0.6 is 0 Å². The fraction of sp³-hybridized carbons (Fsp3) is 1.00. The third kappa shape index (κ3) is 2.59. The zero-order valence-electron chi connectivity index (χ0n) is 5.93. The van der Waals surface area contributed by atoms with Gasteiger partial charge in [-0.05, 0) is 12.8 Å². The van der Waals surface area contributed by atoms with Crippen molar-refractivity contribution in [3.63, 3.8) is 0 Å². The summed E-state index contributed by atoms with van der Waals surface area (Å²) in [4.78, 5) is 0. The quantitative estimate of drug-likeness (QED) is 0.542. The van der Waals surface area contributed by atoms with Gasteiger partial charge in [-0.3, -0.25) is 0 Å². The zero-order valence-corrected chi connectivity index (χ0v) is 6.75. The van der Waals surface area contributed by atoms with E-state index >= 15 is 0 Å². The Morgan fingerprint density at radius 3 is 2.44 bits per heavy atom. The lowest BCUT2D eigenvalue weighted by Crippen LogP contribution is -2.11. The van der Waals surface area contributed by atoms with E-state index in [1.807, 2.05) is 0 Å². The van der Waals surface area contributed by atoms with E-state index in [4.69, 9.17) is 0 Å². The normalized spacial score (nSPS) is 24.7.